The minimum Gasteiger partial charge on any atom is -0.313 e. The normalized spacial score (nSPS) is 13.2. The number of nitrogens with zero attached hydrogens (tertiary/aromatic N) is 6. The molecule has 0 bridgehead atoms. The van der Waals surface area contributed by atoms with Gasteiger partial charge in [0.25, 0.3) is 0 Å². The molecular weight excluding hydrogens is 384 g/mol. The molecule has 0 N–H and O–H groups in total. The van der Waals surface area contributed by atoms with Crippen LogP contribution < -0.4 is 4.90 Å². The summed E-state index contributed by atoms with van der Waals surface area (Å²) in [5.41, 5.74) is 5.06. The van der Waals surface area contributed by atoms with Crippen molar-refractivity contribution in [1.29, 1.82) is 0 Å². The van der Waals surface area contributed by atoms with Crippen LogP contribution in [0, 0.1) is 0 Å². The lowest BCUT2D eigenvalue weighted by atomic mass is 10.2. The van der Waals surface area contributed by atoms with E-state index in [1.807, 2.05) is 53.8 Å². The van der Waals surface area contributed by atoms with Crippen LogP contribution in [0.3, 0.4) is 0 Å². The minimum atomic E-state index is 0.0317. The van der Waals surface area contributed by atoms with Gasteiger partial charge in [-0.05, 0) is 36.4 Å². The molecule has 146 valence electrons. The number of aromatic nitrogens is 5. The molecule has 0 atom stereocenters. The maximum Gasteiger partial charge on any atom is 0.248 e. The third-order valence-corrected chi connectivity index (χ3v) is 5.87. The molecule has 5 rings (SSSR count). The fourth-order valence-electron chi connectivity index (χ4n) is 3.83. The van der Waals surface area contributed by atoms with Gasteiger partial charge in [-0.2, -0.15) is 0 Å². The maximum absolute atomic E-state index is 12.8. The monoisotopic (exact) mass is 404 g/mol. The number of hydrogen-bond acceptors (Lipinski definition) is 5. The summed E-state index contributed by atoms with van der Waals surface area (Å²) in [4.78, 5) is 19.3. The zero-order valence-electron chi connectivity index (χ0n) is 16.0. The number of anilines is 1. The molecule has 4 aromatic rings. The van der Waals surface area contributed by atoms with Crippen molar-refractivity contribution in [2.75, 3.05) is 17.7 Å². The van der Waals surface area contributed by atoms with Crippen LogP contribution in [0.4, 0.5) is 5.69 Å². The summed E-state index contributed by atoms with van der Waals surface area (Å²) in [5.74, 6) is 0.0317. The first-order valence-corrected chi connectivity index (χ1v) is 10.7. The Balaban J connectivity index is 1.34. The maximum atomic E-state index is 12.8. The van der Waals surface area contributed by atoms with Crippen LogP contribution >= 0.6 is 11.8 Å². The number of hydrogen-bond donors (Lipinski definition) is 0. The number of carbonyl (C=O) groups excluding carboxylic acids is 1. The molecule has 8 heteroatoms. The number of carbonyl (C=O) groups is 1. The largest absolute Gasteiger partial charge is 0.313 e. The molecule has 29 heavy (non-hydrogen) atoms. The molecule has 1 aliphatic heterocycles. The van der Waals surface area contributed by atoms with Crippen molar-refractivity contribution in [3.8, 4) is 0 Å². The Morgan fingerprint density at radius 1 is 1.14 bits per heavy atom. The Hall–Kier alpha value is -3.13. The van der Waals surface area contributed by atoms with Gasteiger partial charge in [0.1, 0.15) is 12.2 Å². The van der Waals surface area contributed by atoms with Gasteiger partial charge in [0.05, 0.1) is 23.8 Å². The SMILES string of the molecule is CSc1nc2ccccc2n1Cc1cn(CC(=O)N2CCc3ccccc32)nn1. The van der Waals surface area contributed by atoms with E-state index in [1.54, 1.807) is 16.4 Å². The lowest BCUT2D eigenvalue weighted by Crippen LogP contribution is -2.32. The number of thioether (sulfide) groups is 1. The van der Waals surface area contributed by atoms with Crippen molar-refractivity contribution >= 4 is 34.4 Å². The fraction of sp³-hybridized carbons (Fsp3) is 0.238. The van der Waals surface area contributed by atoms with Crippen molar-refractivity contribution < 1.29 is 4.79 Å². The van der Waals surface area contributed by atoms with E-state index in [1.165, 1.54) is 5.56 Å². The summed E-state index contributed by atoms with van der Waals surface area (Å²) in [6.45, 7) is 1.47. The van der Waals surface area contributed by atoms with E-state index in [9.17, 15) is 4.79 Å². The van der Waals surface area contributed by atoms with E-state index in [0.29, 0.717) is 6.54 Å². The van der Waals surface area contributed by atoms with E-state index in [0.717, 1.165) is 40.5 Å². The fourth-order valence-corrected chi connectivity index (χ4v) is 4.41. The van der Waals surface area contributed by atoms with Gasteiger partial charge in [-0.3, -0.25) is 4.79 Å². The van der Waals surface area contributed by atoms with Crippen LogP contribution in [0.1, 0.15) is 11.3 Å². The van der Waals surface area contributed by atoms with Crippen molar-refractivity contribution in [2.45, 2.75) is 24.7 Å². The number of benzene rings is 2. The third kappa shape index (κ3) is 3.29. The Morgan fingerprint density at radius 2 is 1.97 bits per heavy atom. The van der Waals surface area contributed by atoms with Gasteiger partial charge in [-0.1, -0.05) is 47.3 Å². The molecule has 0 spiro atoms. The van der Waals surface area contributed by atoms with Crippen molar-refractivity contribution in [2.24, 2.45) is 0 Å². The Bertz CT molecular complexity index is 1200. The molecule has 3 heterocycles. The molecular formula is C21H20N6OS. The van der Waals surface area contributed by atoms with E-state index < -0.39 is 0 Å². The molecule has 2 aromatic carbocycles. The second-order valence-electron chi connectivity index (χ2n) is 7.00. The smallest absolute Gasteiger partial charge is 0.248 e. The lowest BCUT2D eigenvalue weighted by Gasteiger charge is -2.16. The van der Waals surface area contributed by atoms with Crippen LogP contribution in [0.25, 0.3) is 11.0 Å². The summed E-state index contributed by atoms with van der Waals surface area (Å²) >= 11 is 1.60. The van der Waals surface area contributed by atoms with Crippen molar-refractivity contribution in [3.05, 3.63) is 66.0 Å². The summed E-state index contributed by atoms with van der Waals surface area (Å²) in [7, 11) is 0. The molecule has 2 aromatic heterocycles. The average molecular weight is 404 g/mol. The van der Waals surface area contributed by atoms with Gasteiger partial charge >= 0.3 is 0 Å². The molecule has 0 saturated carbocycles. The molecule has 0 radical (unpaired) electrons. The van der Waals surface area contributed by atoms with Crippen LogP contribution in [-0.2, 0) is 24.3 Å². The van der Waals surface area contributed by atoms with Crippen molar-refractivity contribution in [1.82, 2.24) is 24.5 Å². The second kappa shape index (κ2) is 7.36. The predicted molar refractivity (Wildman–Crippen MR) is 113 cm³/mol. The van der Waals surface area contributed by atoms with Gasteiger partial charge in [-0.25, -0.2) is 9.67 Å². The highest BCUT2D eigenvalue weighted by Crippen LogP contribution is 2.27. The number of amides is 1. The quantitative estimate of drug-likeness (QED) is 0.478. The Morgan fingerprint density at radius 3 is 2.86 bits per heavy atom. The average Bonchev–Trinajstić information content (AvgIpc) is 3.45. The number of fused-ring (bicyclic) bond motifs is 2. The Labute approximate surface area is 172 Å². The number of imidazole rings is 1. The zero-order valence-corrected chi connectivity index (χ0v) is 16.8. The van der Waals surface area contributed by atoms with Crippen molar-refractivity contribution in [3.63, 3.8) is 0 Å². The number of para-hydroxylation sites is 3. The minimum absolute atomic E-state index is 0.0317. The number of rotatable bonds is 5. The summed E-state index contributed by atoms with van der Waals surface area (Å²) in [6.07, 6.45) is 4.76. The lowest BCUT2D eigenvalue weighted by molar-refractivity contribution is -0.119. The van der Waals surface area contributed by atoms with Gasteiger partial charge in [0.2, 0.25) is 5.91 Å². The highest BCUT2D eigenvalue weighted by molar-refractivity contribution is 7.98. The van der Waals surface area contributed by atoms with Gasteiger partial charge in [-0.15, -0.1) is 5.10 Å². The first kappa shape index (κ1) is 17.9. The molecule has 1 amide bonds. The van der Waals surface area contributed by atoms with Crippen LogP contribution in [-0.4, -0.2) is 43.3 Å². The van der Waals surface area contributed by atoms with Gasteiger partial charge < -0.3 is 9.47 Å². The molecule has 0 unspecified atom stereocenters. The zero-order chi connectivity index (χ0) is 19.8. The van der Waals surface area contributed by atoms with E-state index >= 15 is 0 Å². The predicted octanol–water partition coefficient (Wildman–Crippen LogP) is 2.99. The molecule has 7 nitrogen and oxygen atoms in total. The molecule has 0 saturated heterocycles. The molecule has 0 fully saturated rings. The second-order valence-corrected chi connectivity index (χ2v) is 7.78. The van der Waals surface area contributed by atoms with Crippen LogP contribution in [0.15, 0.2) is 59.9 Å². The highest BCUT2D eigenvalue weighted by Gasteiger charge is 2.24. The van der Waals surface area contributed by atoms with Gasteiger partial charge in [0.15, 0.2) is 5.16 Å². The summed E-state index contributed by atoms with van der Waals surface area (Å²) in [5, 5.41) is 9.40. The topological polar surface area (TPSA) is 68.8 Å². The Kier molecular flexibility index (Phi) is 4.55. The summed E-state index contributed by atoms with van der Waals surface area (Å²) in [6, 6.07) is 16.1. The first-order valence-electron chi connectivity index (χ1n) is 9.49. The van der Waals surface area contributed by atoms with Gasteiger partial charge in [0, 0.05) is 12.2 Å². The molecule has 0 aliphatic carbocycles. The van der Waals surface area contributed by atoms with E-state index in [-0.39, 0.29) is 12.5 Å². The summed E-state index contributed by atoms with van der Waals surface area (Å²) < 4.78 is 3.75. The van der Waals surface area contributed by atoms with E-state index in [2.05, 4.69) is 32.0 Å². The van der Waals surface area contributed by atoms with Crippen LogP contribution in [0.2, 0.25) is 0 Å². The third-order valence-electron chi connectivity index (χ3n) is 5.19. The first-order chi connectivity index (χ1) is 14.2. The van der Waals surface area contributed by atoms with E-state index in [4.69, 9.17) is 0 Å². The molecule has 1 aliphatic rings. The highest BCUT2D eigenvalue weighted by atomic mass is 32.2. The standard InChI is InChI=1S/C21H20N6OS/c1-29-21-22-17-7-3-5-9-19(17)27(21)13-16-12-25(24-23-16)14-20(28)26-11-10-15-6-2-4-8-18(15)26/h2-9,12H,10-11,13-14H2,1H3. The van der Waals surface area contributed by atoms with Crippen LogP contribution in [0.5, 0.6) is 0 Å².